The normalized spacial score (nSPS) is 25.0. The molecule has 94 valence electrons. The second-order valence-corrected chi connectivity index (χ2v) is 4.64. The van der Waals surface area contributed by atoms with Gasteiger partial charge in [0.15, 0.2) is 0 Å². The summed E-state index contributed by atoms with van der Waals surface area (Å²) >= 11 is 5.85. The van der Waals surface area contributed by atoms with Crippen molar-refractivity contribution in [3.63, 3.8) is 0 Å². The fourth-order valence-electron chi connectivity index (χ4n) is 1.97. The topological polar surface area (TPSA) is 38.2 Å². The van der Waals surface area contributed by atoms with Gasteiger partial charge in [0, 0.05) is 18.3 Å². The maximum atomic E-state index is 5.85. The molecule has 0 aromatic carbocycles. The molecule has 1 aliphatic rings. The fraction of sp³-hybridized carbons (Fsp3) is 0.667. The number of ether oxygens (including phenoxy) is 1. The Morgan fingerprint density at radius 3 is 3.06 bits per heavy atom. The predicted octanol–water partition coefficient (Wildman–Crippen LogP) is 1.87. The van der Waals surface area contributed by atoms with E-state index in [9.17, 15) is 0 Å². The van der Waals surface area contributed by atoms with Crippen LogP contribution in [0.1, 0.15) is 19.5 Å². The van der Waals surface area contributed by atoms with Crippen LogP contribution in [0, 0.1) is 0 Å². The first-order valence-corrected chi connectivity index (χ1v) is 6.53. The molecule has 2 rings (SSSR count). The molecule has 1 aliphatic heterocycles. The van der Waals surface area contributed by atoms with E-state index < -0.39 is 0 Å². The number of alkyl halides is 1. The lowest BCUT2D eigenvalue weighted by Gasteiger charge is -2.38. The molecule has 0 bridgehead atoms. The second-order valence-electron chi connectivity index (χ2n) is 4.33. The molecule has 0 amide bonds. The molecular weight excluding hydrogens is 238 g/mol. The van der Waals surface area contributed by atoms with Gasteiger partial charge >= 0.3 is 0 Å². The van der Waals surface area contributed by atoms with Gasteiger partial charge in [-0.3, -0.25) is 0 Å². The van der Waals surface area contributed by atoms with Crippen LogP contribution < -0.4 is 4.90 Å². The average Bonchev–Trinajstić information content (AvgIpc) is 2.39. The van der Waals surface area contributed by atoms with Crippen molar-refractivity contribution in [1.82, 2.24) is 9.97 Å². The molecule has 4 nitrogen and oxygen atoms in total. The van der Waals surface area contributed by atoms with E-state index in [4.69, 9.17) is 16.3 Å². The minimum Gasteiger partial charge on any atom is -0.373 e. The van der Waals surface area contributed by atoms with Crippen molar-refractivity contribution in [1.29, 1.82) is 0 Å². The molecule has 0 aliphatic carbocycles. The molecule has 0 saturated carbocycles. The van der Waals surface area contributed by atoms with Gasteiger partial charge < -0.3 is 9.64 Å². The highest BCUT2D eigenvalue weighted by molar-refractivity contribution is 6.18. The van der Waals surface area contributed by atoms with Crippen molar-refractivity contribution >= 4 is 17.4 Å². The monoisotopic (exact) mass is 255 g/mol. The first-order chi connectivity index (χ1) is 8.24. The lowest BCUT2D eigenvalue weighted by molar-refractivity contribution is 0.0361. The smallest absolute Gasteiger partial charge is 0.132 e. The molecule has 2 unspecified atom stereocenters. The summed E-state index contributed by atoms with van der Waals surface area (Å²) in [5.41, 5.74) is 1.07. The molecule has 5 heteroatoms. The van der Waals surface area contributed by atoms with E-state index in [0.29, 0.717) is 18.5 Å². The van der Waals surface area contributed by atoms with Crippen molar-refractivity contribution < 1.29 is 4.74 Å². The highest BCUT2D eigenvalue weighted by atomic mass is 35.5. The van der Waals surface area contributed by atoms with Crippen molar-refractivity contribution in [2.24, 2.45) is 0 Å². The number of hydrogen-bond donors (Lipinski definition) is 0. The van der Waals surface area contributed by atoms with Crippen LogP contribution in [0.4, 0.5) is 5.82 Å². The zero-order chi connectivity index (χ0) is 12.3. The second kappa shape index (κ2) is 5.65. The summed E-state index contributed by atoms with van der Waals surface area (Å²) in [5.74, 6) is 1.50. The molecule has 1 aromatic rings. The summed E-state index contributed by atoms with van der Waals surface area (Å²) in [6, 6.07) is 2.38. The number of hydrogen-bond acceptors (Lipinski definition) is 4. The molecule has 2 atom stereocenters. The van der Waals surface area contributed by atoms with Crippen molar-refractivity contribution in [3.8, 4) is 0 Å². The van der Waals surface area contributed by atoms with Gasteiger partial charge in [-0.15, -0.1) is 11.6 Å². The van der Waals surface area contributed by atoms with Crippen LogP contribution in [-0.2, 0) is 11.2 Å². The summed E-state index contributed by atoms with van der Waals surface area (Å²) in [7, 11) is 0. The third-order valence-corrected chi connectivity index (χ3v) is 3.39. The van der Waals surface area contributed by atoms with Crippen LogP contribution in [0.5, 0.6) is 0 Å². The van der Waals surface area contributed by atoms with Gasteiger partial charge in [-0.25, -0.2) is 9.97 Å². The molecule has 1 aromatic heterocycles. The maximum Gasteiger partial charge on any atom is 0.132 e. The van der Waals surface area contributed by atoms with Crippen LogP contribution in [0.2, 0.25) is 0 Å². The van der Waals surface area contributed by atoms with E-state index in [0.717, 1.165) is 24.5 Å². The third-order valence-electron chi connectivity index (χ3n) is 3.04. The average molecular weight is 256 g/mol. The molecule has 2 heterocycles. The van der Waals surface area contributed by atoms with E-state index in [2.05, 4.69) is 28.7 Å². The Kier molecular flexibility index (Phi) is 4.18. The standard InChI is InChI=1S/C12H18ClN3O/c1-3-10-4-12(15-8-14-10)16-6-11(5-13)17-7-9(16)2/h4,8-9,11H,3,5-7H2,1-2H3. The van der Waals surface area contributed by atoms with Gasteiger partial charge in [0.25, 0.3) is 0 Å². The number of rotatable bonds is 3. The van der Waals surface area contributed by atoms with E-state index in [1.807, 2.05) is 6.07 Å². The van der Waals surface area contributed by atoms with Crippen LogP contribution in [0.25, 0.3) is 0 Å². The minimum atomic E-state index is 0.0907. The molecule has 0 N–H and O–H groups in total. The molecule has 1 saturated heterocycles. The SMILES string of the molecule is CCc1cc(N2CC(CCl)OCC2C)ncn1. The van der Waals surface area contributed by atoms with Gasteiger partial charge in [0.05, 0.1) is 24.6 Å². The highest BCUT2D eigenvalue weighted by Crippen LogP contribution is 2.20. The first-order valence-electron chi connectivity index (χ1n) is 5.99. The number of aromatic nitrogens is 2. The minimum absolute atomic E-state index is 0.0907. The first kappa shape index (κ1) is 12.6. The Morgan fingerprint density at radius 2 is 2.35 bits per heavy atom. The van der Waals surface area contributed by atoms with Gasteiger partial charge in [0.1, 0.15) is 12.1 Å². The summed E-state index contributed by atoms with van der Waals surface area (Å²) in [6.07, 6.45) is 2.65. The Hall–Kier alpha value is -0.870. The Bertz CT molecular complexity index is 375. The number of anilines is 1. The summed E-state index contributed by atoms with van der Waals surface area (Å²) in [6.45, 7) is 5.72. The quantitative estimate of drug-likeness (QED) is 0.773. The van der Waals surface area contributed by atoms with E-state index in [-0.39, 0.29) is 6.10 Å². The van der Waals surface area contributed by atoms with Crippen LogP contribution in [0.15, 0.2) is 12.4 Å². The van der Waals surface area contributed by atoms with Gasteiger partial charge in [-0.05, 0) is 13.3 Å². The fourth-order valence-corrected chi connectivity index (χ4v) is 2.15. The lowest BCUT2D eigenvalue weighted by atomic mass is 10.2. The number of morpholine rings is 1. The van der Waals surface area contributed by atoms with Crippen LogP contribution in [0.3, 0.4) is 0 Å². The van der Waals surface area contributed by atoms with E-state index in [1.165, 1.54) is 0 Å². The Morgan fingerprint density at radius 1 is 1.53 bits per heavy atom. The van der Waals surface area contributed by atoms with Gasteiger partial charge in [-0.2, -0.15) is 0 Å². The molecule has 1 fully saturated rings. The van der Waals surface area contributed by atoms with Gasteiger partial charge in [0.2, 0.25) is 0 Å². The summed E-state index contributed by atoms with van der Waals surface area (Å²) in [5, 5.41) is 0. The molecule has 0 radical (unpaired) electrons. The number of nitrogens with zero attached hydrogens (tertiary/aromatic N) is 3. The van der Waals surface area contributed by atoms with Crippen LogP contribution >= 0.6 is 11.6 Å². The zero-order valence-electron chi connectivity index (χ0n) is 10.3. The number of halogens is 1. The van der Waals surface area contributed by atoms with E-state index >= 15 is 0 Å². The zero-order valence-corrected chi connectivity index (χ0v) is 11.0. The molecule has 17 heavy (non-hydrogen) atoms. The third kappa shape index (κ3) is 2.87. The summed E-state index contributed by atoms with van der Waals surface area (Å²) < 4.78 is 5.63. The van der Waals surface area contributed by atoms with Crippen LogP contribution in [-0.4, -0.2) is 41.1 Å². The number of aryl methyl sites for hydroxylation is 1. The van der Waals surface area contributed by atoms with Crippen molar-refractivity contribution in [2.45, 2.75) is 32.4 Å². The largest absolute Gasteiger partial charge is 0.373 e. The van der Waals surface area contributed by atoms with Crippen molar-refractivity contribution in [2.75, 3.05) is 23.9 Å². The lowest BCUT2D eigenvalue weighted by Crippen LogP contribution is -2.49. The summed E-state index contributed by atoms with van der Waals surface area (Å²) in [4.78, 5) is 10.8. The van der Waals surface area contributed by atoms with Crippen molar-refractivity contribution in [3.05, 3.63) is 18.1 Å². The maximum absolute atomic E-state index is 5.85. The Labute approximate surface area is 107 Å². The van der Waals surface area contributed by atoms with E-state index in [1.54, 1.807) is 6.33 Å². The predicted molar refractivity (Wildman–Crippen MR) is 68.7 cm³/mol. The molecular formula is C12H18ClN3O. The van der Waals surface area contributed by atoms with Gasteiger partial charge in [-0.1, -0.05) is 6.92 Å². The highest BCUT2D eigenvalue weighted by Gasteiger charge is 2.26. The molecule has 0 spiro atoms. The Balaban J connectivity index is 2.18.